The van der Waals surface area contributed by atoms with Crippen LogP contribution >= 0.6 is 11.6 Å². The molecule has 3 aromatic rings. The lowest BCUT2D eigenvalue weighted by Gasteiger charge is -2.07. The predicted octanol–water partition coefficient (Wildman–Crippen LogP) is 5.31. The average Bonchev–Trinajstić information content (AvgIpc) is 2.89. The number of carbonyl (C=O) groups excluding carboxylic acids is 1. The van der Waals surface area contributed by atoms with Crippen molar-refractivity contribution >= 4 is 34.5 Å². The maximum atomic E-state index is 12.0. The largest absolute Gasteiger partial charge is 0.463 e. The number of para-hydroxylation sites is 1. The lowest BCUT2D eigenvalue weighted by Crippen LogP contribution is -2.04. The van der Waals surface area contributed by atoms with Crippen molar-refractivity contribution in [3.8, 4) is 0 Å². The number of hydrogen-bond donors (Lipinski definition) is 0. The Morgan fingerprint density at radius 3 is 2.52 bits per heavy atom. The summed E-state index contributed by atoms with van der Waals surface area (Å²) in [6.45, 7) is 4.57. The summed E-state index contributed by atoms with van der Waals surface area (Å²) in [6.07, 6.45) is 1.81. The monoisotopic (exact) mass is 353 g/mol. The van der Waals surface area contributed by atoms with E-state index in [1.54, 1.807) is 13.8 Å². The fraction of sp³-hybridized carbons (Fsp3) is 0.190. The first kappa shape index (κ1) is 17.3. The molecule has 128 valence electrons. The fourth-order valence-corrected chi connectivity index (χ4v) is 3.18. The van der Waals surface area contributed by atoms with E-state index < -0.39 is 0 Å². The van der Waals surface area contributed by atoms with Gasteiger partial charge >= 0.3 is 5.97 Å². The lowest BCUT2D eigenvalue weighted by atomic mass is 10.1. The standard InChI is InChI=1S/C21H20ClNO2/c1-3-25-21(24)15(2)13-18-17-11-7-8-12-19(17)23(20(18)22)14-16-9-5-4-6-10-16/h4-13H,3,14H2,1-2H3/b15-13+. The van der Waals surface area contributed by atoms with E-state index in [1.807, 2.05) is 48.5 Å². The Labute approximate surface area is 152 Å². The first-order chi connectivity index (χ1) is 12.1. The van der Waals surface area contributed by atoms with Crippen molar-refractivity contribution in [2.45, 2.75) is 20.4 Å². The highest BCUT2D eigenvalue weighted by atomic mass is 35.5. The van der Waals surface area contributed by atoms with Crippen molar-refractivity contribution in [3.63, 3.8) is 0 Å². The van der Waals surface area contributed by atoms with Crippen LogP contribution in [0, 0.1) is 0 Å². The van der Waals surface area contributed by atoms with Crippen LogP contribution in [-0.2, 0) is 16.1 Å². The minimum Gasteiger partial charge on any atom is -0.463 e. The molecule has 0 spiro atoms. The predicted molar refractivity (Wildman–Crippen MR) is 103 cm³/mol. The van der Waals surface area contributed by atoms with Gasteiger partial charge in [-0.3, -0.25) is 0 Å². The van der Waals surface area contributed by atoms with Crippen molar-refractivity contribution < 1.29 is 9.53 Å². The molecule has 0 atom stereocenters. The molecule has 1 aromatic heterocycles. The van der Waals surface area contributed by atoms with Gasteiger partial charge in [-0.25, -0.2) is 4.79 Å². The van der Waals surface area contributed by atoms with E-state index in [0.717, 1.165) is 16.5 Å². The molecule has 0 saturated carbocycles. The summed E-state index contributed by atoms with van der Waals surface area (Å²) in [4.78, 5) is 12.0. The van der Waals surface area contributed by atoms with E-state index in [2.05, 4.69) is 16.7 Å². The van der Waals surface area contributed by atoms with Crippen molar-refractivity contribution in [1.29, 1.82) is 0 Å². The van der Waals surface area contributed by atoms with Gasteiger partial charge in [-0.15, -0.1) is 0 Å². The summed E-state index contributed by atoms with van der Waals surface area (Å²) < 4.78 is 7.14. The zero-order chi connectivity index (χ0) is 17.8. The third-order valence-electron chi connectivity index (χ3n) is 4.09. The van der Waals surface area contributed by atoms with E-state index in [4.69, 9.17) is 16.3 Å². The van der Waals surface area contributed by atoms with Crippen LogP contribution in [0.15, 0.2) is 60.2 Å². The fourth-order valence-electron chi connectivity index (χ4n) is 2.88. The van der Waals surface area contributed by atoms with E-state index in [0.29, 0.717) is 23.9 Å². The smallest absolute Gasteiger partial charge is 0.333 e. The number of carbonyl (C=O) groups is 1. The topological polar surface area (TPSA) is 31.2 Å². The Morgan fingerprint density at radius 2 is 1.80 bits per heavy atom. The molecule has 4 heteroatoms. The average molecular weight is 354 g/mol. The molecule has 0 bridgehead atoms. The first-order valence-corrected chi connectivity index (χ1v) is 8.65. The molecule has 2 aromatic carbocycles. The quantitative estimate of drug-likeness (QED) is 0.460. The molecular weight excluding hydrogens is 334 g/mol. The Morgan fingerprint density at radius 1 is 1.12 bits per heavy atom. The van der Waals surface area contributed by atoms with Crippen LogP contribution in [0.3, 0.4) is 0 Å². The second kappa shape index (κ2) is 7.58. The number of halogens is 1. The summed E-state index contributed by atoms with van der Waals surface area (Å²) in [5.41, 5.74) is 3.59. The molecule has 0 aliphatic rings. The highest BCUT2D eigenvalue weighted by Gasteiger charge is 2.16. The summed E-state index contributed by atoms with van der Waals surface area (Å²) in [7, 11) is 0. The molecule has 3 nitrogen and oxygen atoms in total. The lowest BCUT2D eigenvalue weighted by molar-refractivity contribution is -0.138. The van der Waals surface area contributed by atoms with Gasteiger partial charge in [0.2, 0.25) is 0 Å². The molecule has 0 amide bonds. The molecule has 1 heterocycles. The second-order valence-electron chi connectivity index (χ2n) is 5.84. The van der Waals surface area contributed by atoms with Gasteiger partial charge in [0.25, 0.3) is 0 Å². The van der Waals surface area contributed by atoms with Crippen molar-refractivity contribution in [2.75, 3.05) is 6.61 Å². The Balaban J connectivity index is 2.09. The summed E-state index contributed by atoms with van der Waals surface area (Å²) >= 11 is 6.69. The molecule has 3 rings (SSSR count). The summed E-state index contributed by atoms with van der Waals surface area (Å²) in [5, 5.41) is 1.64. The summed E-state index contributed by atoms with van der Waals surface area (Å²) in [6, 6.07) is 18.2. The van der Waals surface area contributed by atoms with Gasteiger partial charge in [0.15, 0.2) is 0 Å². The van der Waals surface area contributed by atoms with Gasteiger partial charge in [0.05, 0.1) is 12.1 Å². The number of benzene rings is 2. The molecule has 25 heavy (non-hydrogen) atoms. The number of esters is 1. The van der Waals surface area contributed by atoms with Gasteiger partial charge in [-0.2, -0.15) is 0 Å². The number of rotatable bonds is 5. The number of ether oxygens (including phenoxy) is 1. The minimum absolute atomic E-state index is 0.321. The van der Waals surface area contributed by atoms with Gasteiger partial charge in [-0.05, 0) is 31.6 Å². The zero-order valence-corrected chi connectivity index (χ0v) is 15.1. The Kier molecular flexibility index (Phi) is 5.25. The molecule has 0 fully saturated rings. The summed E-state index contributed by atoms with van der Waals surface area (Å²) in [5.74, 6) is -0.321. The molecule has 0 saturated heterocycles. The van der Waals surface area contributed by atoms with Crippen LogP contribution in [0.5, 0.6) is 0 Å². The van der Waals surface area contributed by atoms with Crippen LogP contribution in [-0.4, -0.2) is 17.1 Å². The third kappa shape index (κ3) is 3.62. The van der Waals surface area contributed by atoms with Crippen LogP contribution in [0.1, 0.15) is 25.0 Å². The van der Waals surface area contributed by atoms with E-state index in [9.17, 15) is 4.79 Å². The number of nitrogens with zero attached hydrogens (tertiary/aromatic N) is 1. The number of fused-ring (bicyclic) bond motifs is 1. The van der Waals surface area contributed by atoms with Crippen molar-refractivity contribution in [3.05, 3.63) is 76.5 Å². The third-order valence-corrected chi connectivity index (χ3v) is 4.49. The first-order valence-electron chi connectivity index (χ1n) is 8.28. The van der Waals surface area contributed by atoms with Gasteiger partial charge in [0, 0.05) is 23.1 Å². The maximum absolute atomic E-state index is 12.0. The molecule has 0 unspecified atom stereocenters. The number of aromatic nitrogens is 1. The molecule has 0 N–H and O–H groups in total. The van der Waals surface area contributed by atoms with Gasteiger partial charge in [-0.1, -0.05) is 60.1 Å². The van der Waals surface area contributed by atoms with Crippen molar-refractivity contribution in [1.82, 2.24) is 4.57 Å². The minimum atomic E-state index is -0.321. The van der Waals surface area contributed by atoms with Crippen LogP contribution in [0.25, 0.3) is 17.0 Å². The van der Waals surface area contributed by atoms with Crippen LogP contribution in [0.4, 0.5) is 0 Å². The SMILES string of the molecule is CCOC(=O)/C(C)=C/c1c(Cl)n(Cc2ccccc2)c2ccccc12. The highest BCUT2D eigenvalue weighted by molar-refractivity contribution is 6.33. The molecule has 0 radical (unpaired) electrons. The van der Waals surface area contributed by atoms with Crippen LogP contribution < -0.4 is 0 Å². The zero-order valence-electron chi connectivity index (χ0n) is 14.3. The van der Waals surface area contributed by atoms with Gasteiger partial charge in [0.1, 0.15) is 5.15 Å². The molecule has 0 aliphatic heterocycles. The molecular formula is C21H20ClNO2. The normalized spacial score (nSPS) is 11.7. The Hall–Kier alpha value is -2.52. The van der Waals surface area contributed by atoms with E-state index in [1.165, 1.54) is 5.56 Å². The number of hydrogen-bond acceptors (Lipinski definition) is 2. The maximum Gasteiger partial charge on any atom is 0.333 e. The van der Waals surface area contributed by atoms with Gasteiger partial charge < -0.3 is 9.30 Å². The van der Waals surface area contributed by atoms with E-state index in [-0.39, 0.29) is 5.97 Å². The van der Waals surface area contributed by atoms with Crippen LogP contribution in [0.2, 0.25) is 5.15 Å². The molecule has 0 aliphatic carbocycles. The van der Waals surface area contributed by atoms with Crippen molar-refractivity contribution in [2.24, 2.45) is 0 Å². The van der Waals surface area contributed by atoms with E-state index >= 15 is 0 Å². The highest BCUT2D eigenvalue weighted by Crippen LogP contribution is 2.32. The second-order valence-corrected chi connectivity index (χ2v) is 6.20. The Bertz CT molecular complexity index is 926.